The topological polar surface area (TPSA) is 86.2 Å². The molecule has 33 heavy (non-hydrogen) atoms. The number of aromatic nitrogens is 3. The summed E-state index contributed by atoms with van der Waals surface area (Å²) in [6.07, 6.45) is 6.52. The van der Waals surface area contributed by atoms with Gasteiger partial charge in [-0.1, -0.05) is 36.4 Å². The van der Waals surface area contributed by atoms with Gasteiger partial charge in [0, 0.05) is 30.4 Å². The lowest BCUT2D eigenvalue weighted by Gasteiger charge is -2.17. The van der Waals surface area contributed by atoms with Crippen molar-refractivity contribution in [3.05, 3.63) is 102 Å². The van der Waals surface area contributed by atoms with Crippen LogP contribution in [0.5, 0.6) is 11.5 Å². The average molecular weight is 441 g/mol. The van der Waals surface area contributed by atoms with Gasteiger partial charge < -0.3 is 14.8 Å². The second kappa shape index (κ2) is 10.4. The van der Waals surface area contributed by atoms with Gasteiger partial charge in [-0.2, -0.15) is 0 Å². The summed E-state index contributed by atoms with van der Waals surface area (Å²) < 4.78 is 11.4. The Labute approximate surface area is 192 Å². The van der Waals surface area contributed by atoms with Crippen LogP contribution in [0, 0.1) is 0 Å². The zero-order valence-electron chi connectivity index (χ0n) is 18.4. The summed E-state index contributed by atoms with van der Waals surface area (Å²) in [4.78, 5) is 25.4. The summed E-state index contributed by atoms with van der Waals surface area (Å²) in [6.45, 7) is 2.31. The molecule has 0 bridgehead atoms. The number of amides is 1. The fourth-order valence-corrected chi connectivity index (χ4v) is 3.26. The molecule has 0 aliphatic carbocycles. The van der Waals surface area contributed by atoms with Crippen molar-refractivity contribution in [3.63, 3.8) is 0 Å². The Morgan fingerprint density at radius 3 is 2.39 bits per heavy atom. The van der Waals surface area contributed by atoms with Crippen molar-refractivity contribution in [2.75, 3.05) is 7.11 Å². The normalized spacial score (nSPS) is 11.5. The van der Waals surface area contributed by atoms with E-state index in [0.29, 0.717) is 29.5 Å². The van der Waals surface area contributed by atoms with E-state index in [9.17, 15) is 4.79 Å². The lowest BCUT2D eigenvalue weighted by atomic mass is 10.1. The van der Waals surface area contributed by atoms with Crippen LogP contribution in [0.3, 0.4) is 0 Å². The first-order valence-corrected chi connectivity index (χ1v) is 10.5. The molecule has 2 aromatic heterocycles. The van der Waals surface area contributed by atoms with E-state index in [1.165, 1.54) is 12.4 Å². The highest BCUT2D eigenvalue weighted by atomic mass is 16.5. The second-order valence-electron chi connectivity index (χ2n) is 7.41. The van der Waals surface area contributed by atoms with Gasteiger partial charge in [0.2, 0.25) is 0 Å². The number of carbonyl (C=O) groups excluding carboxylic acids is 1. The minimum Gasteiger partial charge on any atom is -0.493 e. The van der Waals surface area contributed by atoms with E-state index in [0.717, 1.165) is 16.7 Å². The first-order valence-electron chi connectivity index (χ1n) is 10.5. The third-order valence-electron chi connectivity index (χ3n) is 5.12. The van der Waals surface area contributed by atoms with Crippen LogP contribution in [0.25, 0.3) is 11.4 Å². The predicted octanol–water partition coefficient (Wildman–Crippen LogP) is 4.62. The third-order valence-corrected chi connectivity index (χ3v) is 5.12. The molecule has 0 saturated carbocycles. The Bertz CT molecular complexity index is 1200. The molecule has 0 aliphatic rings. The van der Waals surface area contributed by atoms with Crippen LogP contribution in [0.15, 0.2) is 85.5 Å². The molecule has 0 radical (unpaired) electrons. The maximum absolute atomic E-state index is 12.7. The molecule has 2 heterocycles. The van der Waals surface area contributed by atoms with Gasteiger partial charge in [-0.15, -0.1) is 0 Å². The van der Waals surface area contributed by atoms with E-state index >= 15 is 0 Å². The maximum atomic E-state index is 12.7. The van der Waals surface area contributed by atoms with Gasteiger partial charge in [-0.25, -0.2) is 9.97 Å². The van der Waals surface area contributed by atoms with Gasteiger partial charge in [0.1, 0.15) is 6.61 Å². The van der Waals surface area contributed by atoms with Gasteiger partial charge in [-0.05, 0) is 42.3 Å². The van der Waals surface area contributed by atoms with Crippen LogP contribution < -0.4 is 14.8 Å². The van der Waals surface area contributed by atoms with Crippen molar-refractivity contribution >= 4 is 5.91 Å². The smallest absolute Gasteiger partial charge is 0.254 e. The lowest BCUT2D eigenvalue weighted by molar-refractivity contribution is 0.0939. The molecule has 1 N–H and O–H groups in total. The molecular weight excluding hydrogens is 416 g/mol. The summed E-state index contributed by atoms with van der Waals surface area (Å²) in [7, 11) is 1.59. The first kappa shape index (κ1) is 22.0. The highest BCUT2D eigenvalue weighted by Crippen LogP contribution is 2.31. The van der Waals surface area contributed by atoms with Crippen LogP contribution in [0.4, 0.5) is 0 Å². The zero-order valence-corrected chi connectivity index (χ0v) is 18.4. The minimum absolute atomic E-state index is 0.251. The largest absolute Gasteiger partial charge is 0.493 e. The summed E-state index contributed by atoms with van der Waals surface area (Å²) >= 11 is 0. The zero-order chi connectivity index (χ0) is 23.0. The van der Waals surface area contributed by atoms with E-state index in [1.54, 1.807) is 19.5 Å². The Hall–Kier alpha value is -4.26. The summed E-state index contributed by atoms with van der Waals surface area (Å²) in [5.74, 6) is 1.55. The van der Waals surface area contributed by atoms with Crippen LogP contribution in [-0.2, 0) is 6.61 Å². The molecule has 1 amide bonds. The van der Waals surface area contributed by atoms with Crippen LogP contribution >= 0.6 is 0 Å². The number of nitrogens with zero attached hydrogens (tertiary/aromatic N) is 3. The van der Waals surface area contributed by atoms with Crippen molar-refractivity contribution in [1.29, 1.82) is 0 Å². The maximum Gasteiger partial charge on any atom is 0.254 e. The summed E-state index contributed by atoms with van der Waals surface area (Å²) in [6, 6.07) is 18.8. The molecule has 0 saturated heterocycles. The van der Waals surface area contributed by atoms with Crippen LogP contribution in [0.2, 0.25) is 0 Å². The standard InChI is InChI=1S/C26H24N4O3/c1-18(30-26(31)22-15-28-25(29-16-22)20-6-4-3-5-7-20)21-8-9-23(24(14-21)32-2)33-17-19-10-12-27-13-11-19/h3-16,18H,17H2,1-2H3,(H,30,31). The Morgan fingerprint density at radius 2 is 1.70 bits per heavy atom. The monoisotopic (exact) mass is 440 g/mol. The molecule has 166 valence electrons. The number of carbonyl (C=O) groups is 1. The molecular formula is C26H24N4O3. The fraction of sp³-hybridized carbons (Fsp3) is 0.154. The van der Waals surface area contributed by atoms with Crippen LogP contribution in [-0.4, -0.2) is 28.0 Å². The van der Waals surface area contributed by atoms with Gasteiger partial charge in [0.15, 0.2) is 17.3 Å². The molecule has 4 rings (SSSR count). The number of hydrogen-bond donors (Lipinski definition) is 1. The van der Waals surface area contributed by atoms with Crippen molar-refractivity contribution in [3.8, 4) is 22.9 Å². The van der Waals surface area contributed by atoms with Crippen molar-refractivity contribution in [2.45, 2.75) is 19.6 Å². The van der Waals surface area contributed by atoms with E-state index in [-0.39, 0.29) is 11.9 Å². The lowest BCUT2D eigenvalue weighted by Crippen LogP contribution is -2.27. The van der Waals surface area contributed by atoms with Gasteiger partial charge >= 0.3 is 0 Å². The van der Waals surface area contributed by atoms with Crippen LogP contribution in [0.1, 0.15) is 34.5 Å². The molecule has 0 spiro atoms. The highest BCUT2D eigenvalue weighted by molar-refractivity contribution is 5.94. The summed E-state index contributed by atoms with van der Waals surface area (Å²) in [5.41, 5.74) is 3.19. The Balaban J connectivity index is 1.41. The van der Waals surface area contributed by atoms with Crippen molar-refractivity contribution in [1.82, 2.24) is 20.3 Å². The fourth-order valence-electron chi connectivity index (χ4n) is 3.26. The van der Waals surface area contributed by atoms with E-state index in [1.807, 2.05) is 67.6 Å². The second-order valence-corrected chi connectivity index (χ2v) is 7.41. The van der Waals surface area contributed by atoms with E-state index in [2.05, 4.69) is 20.3 Å². The predicted molar refractivity (Wildman–Crippen MR) is 125 cm³/mol. The molecule has 2 aromatic carbocycles. The van der Waals surface area contributed by atoms with Crippen molar-refractivity contribution < 1.29 is 14.3 Å². The van der Waals surface area contributed by atoms with Gasteiger partial charge in [0.25, 0.3) is 5.91 Å². The first-order chi connectivity index (χ1) is 16.1. The number of nitrogens with one attached hydrogen (secondary N) is 1. The molecule has 0 aliphatic heterocycles. The molecule has 7 nitrogen and oxygen atoms in total. The Morgan fingerprint density at radius 1 is 0.970 bits per heavy atom. The SMILES string of the molecule is COc1cc(C(C)NC(=O)c2cnc(-c3ccccc3)nc2)ccc1OCc1ccncc1. The molecule has 7 heteroatoms. The number of ether oxygens (including phenoxy) is 2. The van der Waals surface area contributed by atoms with Gasteiger partial charge in [0.05, 0.1) is 18.7 Å². The average Bonchev–Trinajstić information content (AvgIpc) is 2.88. The molecule has 4 aromatic rings. The summed E-state index contributed by atoms with van der Waals surface area (Å²) in [5, 5.41) is 2.98. The van der Waals surface area contributed by atoms with E-state index in [4.69, 9.17) is 9.47 Å². The van der Waals surface area contributed by atoms with Gasteiger partial charge in [-0.3, -0.25) is 9.78 Å². The quantitative estimate of drug-likeness (QED) is 0.430. The molecule has 0 fully saturated rings. The Kier molecular flexibility index (Phi) is 6.90. The number of hydrogen-bond acceptors (Lipinski definition) is 6. The van der Waals surface area contributed by atoms with Crippen molar-refractivity contribution in [2.24, 2.45) is 0 Å². The van der Waals surface area contributed by atoms with E-state index < -0.39 is 0 Å². The highest BCUT2D eigenvalue weighted by Gasteiger charge is 2.15. The number of pyridine rings is 1. The number of methoxy groups -OCH3 is 1. The number of benzene rings is 2. The third kappa shape index (κ3) is 5.51. The minimum atomic E-state index is -0.255. The molecule has 1 unspecified atom stereocenters. The molecule has 1 atom stereocenters. The number of rotatable bonds is 8.